The number of nitrogens with two attached hydrogens (primary N) is 1. The average Bonchev–Trinajstić information content (AvgIpc) is 2.92. The molecular formula is C16H17N7O. The van der Waals surface area contributed by atoms with E-state index < -0.39 is 0 Å². The largest absolute Gasteiger partial charge is 0.393 e. The predicted octanol–water partition coefficient (Wildman–Crippen LogP) is 1.62. The maximum Gasteiger partial charge on any atom is 0.269 e. The number of hydrazine groups is 1. The Kier molecular flexibility index (Phi) is 4.11. The number of nitrogens with zero attached hydrogens (tertiary/aromatic N) is 4. The van der Waals surface area contributed by atoms with Crippen molar-refractivity contribution in [2.75, 3.05) is 11.2 Å². The third-order valence-electron chi connectivity index (χ3n) is 3.40. The van der Waals surface area contributed by atoms with Crippen LogP contribution in [0.3, 0.4) is 0 Å². The Hall–Kier alpha value is -3.42. The van der Waals surface area contributed by atoms with Crippen molar-refractivity contribution in [2.45, 2.75) is 13.8 Å². The highest BCUT2D eigenvalue weighted by atomic mass is 16.2. The molecule has 0 saturated heterocycles. The summed E-state index contributed by atoms with van der Waals surface area (Å²) in [5.41, 5.74) is 14.0. The van der Waals surface area contributed by atoms with E-state index in [0.29, 0.717) is 17.2 Å². The summed E-state index contributed by atoms with van der Waals surface area (Å²) in [6.45, 7) is 3.80. The number of nitrogens with one attached hydrogen (secondary N) is 2. The van der Waals surface area contributed by atoms with Crippen LogP contribution in [0.25, 0.3) is 5.82 Å². The maximum atomic E-state index is 12.1. The first-order valence-corrected chi connectivity index (χ1v) is 7.32. The molecule has 0 aliphatic heterocycles. The van der Waals surface area contributed by atoms with E-state index in [0.717, 1.165) is 11.4 Å². The topological polar surface area (TPSA) is 111 Å². The predicted molar refractivity (Wildman–Crippen MR) is 90.6 cm³/mol. The van der Waals surface area contributed by atoms with Crippen molar-refractivity contribution in [3.8, 4) is 5.82 Å². The summed E-state index contributed by atoms with van der Waals surface area (Å²) in [6.07, 6.45) is 1.36. The summed E-state index contributed by atoms with van der Waals surface area (Å²) >= 11 is 0. The Morgan fingerprint density at radius 2 is 1.92 bits per heavy atom. The molecule has 24 heavy (non-hydrogen) atoms. The normalized spacial score (nSPS) is 10.4. The van der Waals surface area contributed by atoms with Gasteiger partial charge < -0.3 is 5.73 Å². The Morgan fingerprint density at radius 1 is 1.17 bits per heavy atom. The van der Waals surface area contributed by atoms with E-state index in [4.69, 9.17) is 5.73 Å². The van der Waals surface area contributed by atoms with Crippen LogP contribution in [0.2, 0.25) is 0 Å². The molecule has 8 heteroatoms. The van der Waals surface area contributed by atoms with E-state index in [-0.39, 0.29) is 11.6 Å². The summed E-state index contributed by atoms with van der Waals surface area (Å²) in [4.78, 5) is 20.3. The second kappa shape index (κ2) is 6.37. The molecule has 1 amide bonds. The third kappa shape index (κ3) is 3.02. The Labute approximate surface area is 138 Å². The van der Waals surface area contributed by atoms with Crippen LogP contribution in [0.5, 0.6) is 0 Å². The lowest BCUT2D eigenvalue weighted by Gasteiger charge is -2.12. The van der Waals surface area contributed by atoms with E-state index in [2.05, 4.69) is 25.9 Å². The van der Waals surface area contributed by atoms with Gasteiger partial charge in [0.1, 0.15) is 12.0 Å². The molecule has 2 aromatic heterocycles. The van der Waals surface area contributed by atoms with Gasteiger partial charge in [-0.1, -0.05) is 18.2 Å². The lowest BCUT2D eigenvalue weighted by atomic mass is 10.2. The maximum absolute atomic E-state index is 12.1. The lowest BCUT2D eigenvalue weighted by Crippen LogP contribution is -2.30. The lowest BCUT2D eigenvalue weighted by molar-refractivity contribution is 0.0962. The van der Waals surface area contributed by atoms with Gasteiger partial charge in [0.15, 0.2) is 11.6 Å². The number of rotatable bonds is 4. The van der Waals surface area contributed by atoms with Crippen LogP contribution >= 0.6 is 0 Å². The molecule has 3 rings (SSSR count). The van der Waals surface area contributed by atoms with E-state index in [1.54, 1.807) is 28.9 Å². The summed E-state index contributed by atoms with van der Waals surface area (Å²) in [6, 6.07) is 10.8. The molecule has 0 spiro atoms. The second-order valence-electron chi connectivity index (χ2n) is 5.24. The van der Waals surface area contributed by atoms with Crippen LogP contribution in [-0.2, 0) is 0 Å². The second-order valence-corrected chi connectivity index (χ2v) is 5.24. The summed E-state index contributed by atoms with van der Waals surface area (Å²) in [5.74, 6) is 0.463. The number of hydrogen-bond acceptors (Lipinski definition) is 6. The molecule has 4 N–H and O–H groups in total. The standard InChI is InChI=1S/C16H17N7O/c1-10-8-11(2)23(22-10)15-13(17)14(18-9-19-15)20-21-16(24)12-6-4-3-5-7-12/h3-9H,17H2,1-2H3,(H,21,24)(H,18,19,20). The first-order chi connectivity index (χ1) is 11.6. The molecule has 0 saturated carbocycles. The highest BCUT2D eigenvalue weighted by Gasteiger charge is 2.14. The zero-order chi connectivity index (χ0) is 17.1. The molecule has 1 aromatic carbocycles. The van der Waals surface area contributed by atoms with Gasteiger partial charge in [-0.25, -0.2) is 14.6 Å². The molecule has 0 unspecified atom stereocenters. The number of anilines is 2. The molecule has 3 aromatic rings. The fraction of sp³-hybridized carbons (Fsp3) is 0.125. The minimum atomic E-state index is -0.290. The van der Waals surface area contributed by atoms with Crippen molar-refractivity contribution in [1.82, 2.24) is 25.2 Å². The van der Waals surface area contributed by atoms with Crippen LogP contribution in [0, 0.1) is 13.8 Å². The van der Waals surface area contributed by atoms with Crippen molar-refractivity contribution >= 4 is 17.4 Å². The minimum absolute atomic E-state index is 0.289. The Bertz CT molecular complexity index is 873. The Balaban J connectivity index is 1.81. The van der Waals surface area contributed by atoms with Crippen molar-refractivity contribution in [1.29, 1.82) is 0 Å². The highest BCUT2D eigenvalue weighted by Crippen LogP contribution is 2.22. The number of aromatic nitrogens is 4. The number of amides is 1. The van der Waals surface area contributed by atoms with Gasteiger partial charge in [0.05, 0.1) is 5.69 Å². The first-order valence-electron chi connectivity index (χ1n) is 7.32. The van der Waals surface area contributed by atoms with Crippen molar-refractivity contribution in [2.24, 2.45) is 0 Å². The van der Waals surface area contributed by atoms with Gasteiger partial charge in [-0.3, -0.25) is 15.6 Å². The molecule has 0 fully saturated rings. The van der Waals surface area contributed by atoms with Gasteiger partial charge in [-0.2, -0.15) is 5.10 Å². The number of nitrogen functional groups attached to an aromatic ring is 1. The van der Waals surface area contributed by atoms with Crippen molar-refractivity contribution in [3.05, 3.63) is 59.7 Å². The van der Waals surface area contributed by atoms with Gasteiger partial charge >= 0.3 is 0 Å². The molecular weight excluding hydrogens is 306 g/mol. The fourth-order valence-electron chi connectivity index (χ4n) is 2.28. The molecule has 0 aliphatic rings. The molecule has 2 heterocycles. The number of benzene rings is 1. The third-order valence-corrected chi connectivity index (χ3v) is 3.40. The zero-order valence-electron chi connectivity index (χ0n) is 13.3. The van der Waals surface area contributed by atoms with Crippen LogP contribution < -0.4 is 16.6 Å². The first kappa shape index (κ1) is 15.5. The van der Waals surface area contributed by atoms with Gasteiger partial charge in [-0.15, -0.1) is 0 Å². The summed E-state index contributed by atoms with van der Waals surface area (Å²) in [5, 5.41) is 4.36. The van der Waals surface area contributed by atoms with Crippen molar-refractivity contribution in [3.63, 3.8) is 0 Å². The SMILES string of the molecule is Cc1cc(C)n(-c2ncnc(NNC(=O)c3ccccc3)c2N)n1. The molecule has 122 valence electrons. The van der Waals surface area contributed by atoms with Gasteiger partial charge in [0, 0.05) is 11.3 Å². The van der Waals surface area contributed by atoms with Crippen LogP contribution in [-0.4, -0.2) is 25.7 Å². The Morgan fingerprint density at radius 3 is 2.58 bits per heavy atom. The fourth-order valence-corrected chi connectivity index (χ4v) is 2.28. The summed E-state index contributed by atoms with van der Waals surface area (Å²) < 4.78 is 1.64. The highest BCUT2D eigenvalue weighted by molar-refractivity contribution is 5.95. The summed E-state index contributed by atoms with van der Waals surface area (Å²) in [7, 11) is 0. The zero-order valence-corrected chi connectivity index (χ0v) is 13.3. The van der Waals surface area contributed by atoms with Crippen LogP contribution in [0.1, 0.15) is 21.7 Å². The quantitative estimate of drug-likeness (QED) is 0.629. The van der Waals surface area contributed by atoms with E-state index in [1.807, 2.05) is 26.0 Å². The van der Waals surface area contributed by atoms with Crippen LogP contribution in [0.4, 0.5) is 11.5 Å². The number of aryl methyl sites for hydroxylation is 2. The van der Waals surface area contributed by atoms with Gasteiger partial charge in [0.2, 0.25) is 0 Å². The number of carbonyl (C=O) groups excluding carboxylic acids is 1. The van der Waals surface area contributed by atoms with Crippen molar-refractivity contribution < 1.29 is 4.79 Å². The molecule has 0 atom stereocenters. The van der Waals surface area contributed by atoms with Gasteiger partial charge in [-0.05, 0) is 32.0 Å². The molecule has 0 bridgehead atoms. The number of carbonyl (C=O) groups is 1. The van der Waals surface area contributed by atoms with Crippen LogP contribution in [0.15, 0.2) is 42.7 Å². The molecule has 0 radical (unpaired) electrons. The minimum Gasteiger partial charge on any atom is -0.393 e. The molecule has 0 aliphatic carbocycles. The van der Waals surface area contributed by atoms with Gasteiger partial charge in [0.25, 0.3) is 5.91 Å². The monoisotopic (exact) mass is 323 g/mol. The van der Waals surface area contributed by atoms with E-state index >= 15 is 0 Å². The average molecular weight is 323 g/mol. The number of hydrogen-bond donors (Lipinski definition) is 3. The van der Waals surface area contributed by atoms with E-state index in [1.165, 1.54) is 6.33 Å². The smallest absolute Gasteiger partial charge is 0.269 e. The molecule has 8 nitrogen and oxygen atoms in total. The van der Waals surface area contributed by atoms with E-state index in [9.17, 15) is 4.79 Å².